The van der Waals surface area contributed by atoms with Crippen molar-refractivity contribution in [3.8, 4) is 0 Å². The quantitative estimate of drug-likeness (QED) is 0.686. The van der Waals surface area contributed by atoms with Crippen molar-refractivity contribution in [3.05, 3.63) is 35.4 Å². The van der Waals surface area contributed by atoms with Gasteiger partial charge in [0, 0.05) is 5.33 Å². The molecule has 0 spiro atoms. The summed E-state index contributed by atoms with van der Waals surface area (Å²) in [4.78, 5) is 0. The predicted molar refractivity (Wildman–Crippen MR) is 56.5 cm³/mol. The van der Waals surface area contributed by atoms with E-state index >= 15 is 0 Å². The van der Waals surface area contributed by atoms with E-state index in [4.69, 9.17) is 0 Å². The highest BCUT2D eigenvalue weighted by Crippen LogP contribution is 2.10. The SMILES string of the molecule is CCCCc1[c]ccc(CBr)c1. The molecular weight excluding hydrogens is 212 g/mol. The first-order valence-corrected chi connectivity index (χ1v) is 5.54. The fourth-order valence-corrected chi connectivity index (χ4v) is 1.51. The first-order valence-electron chi connectivity index (χ1n) is 4.42. The molecular formula is C11H14Br. The predicted octanol–water partition coefficient (Wildman–Crippen LogP) is 3.72. The van der Waals surface area contributed by atoms with Crippen LogP contribution >= 0.6 is 15.9 Å². The standard InChI is InChI=1S/C11H14Br/c1-2-3-5-10-6-4-7-11(8-10)9-12/h4,7-8H,2-3,5,9H2,1H3. The summed E-state index contributed by atoms with van der Waals surface area (Å²) in [6, 6.07) is 9.60. The molecule has 0 aliphatic rings. The van der Waals surface area contributed by atoms with Gasteiger partial charge in [0.1, 0.15) is 0 Å². The van der Waals surface area contributed by atoms with Gasteiger partial charge in [-0.05, 0) is 30.0 Å². The molecule has 65 valence electrons. The third-order valence-corrected chi connectivity index (χ3v) is 2.53. The lowest BCUT2D eigenvalue weighted by Gasteiger charge is -2.00. The van der Waals surface area contributed by atoms with Crippen LogP contribution in [-0.4, -0.2) is 0 Å². The Kier molecular flexibility index (Phi) is 4.37. The number of halogens is 1. The number of aryl methyl sites for hydroxylation is 1. The van der Waals surface area contributed by atoms with Crippen molar-refractivity contribution in [2.75, 3.05) is 0 Å². The second-order valence-corrected chi connectivity index (χ2v) is 3.52. The molecule has 1 heteroatoms. The van der Waals surface area contributed by atoms with E-state index in [0.29, 0.717) is 0 Å². The van der Waals surface area contributed by atoms with Crippen LogP contribution in [0.25, 0.3) is 0 Å². The fourth-order valence-electron chi connectivity index (χ4n) is 1.16. The highest BCUT2D eigenvalue weighted by atomic mass is 79.9. The number of hydrogen-bond acceptors (Lipinski definition) is 0. The van der Waals surface area contributed by atoms with E-state index in [9.17, 15) is 0 Å². The van der Waals surface area contributed by atoms with Crippen molar-refractivity contribution in [3.63, 3.8) is 0 Å². The summed E-state index contributed by atoms with van der Waals surface area (Å²) < 4.78 is 0. The minimum Gasteiger partial charge on any atom is -0.0876 e. The highest BCUT2D eigenvalue weighted by Gasteiger charge is 1.94. The Labute approximate surface area is 83.1 Å². The van der Waals surface area contributed by atoms with Crippen LogP contribution in [-0.2, 0) is 11.8 Å². The maximum atomic E-state index is 3.45. The van der Waals surface area contributed by atoms with Gasteiger partial charge >= 0.3 is 0 Å². The van der Waals surface area contributed by atoms with Crippen LogP contribution < -0.4 is 0 Å². The van der Waals surface area contributed by atoms with Gasteiger partial charge in [-0.1, -0.05) is 47.5 Å². The number of alkyl halides is 1. The molecule has 12 heavy (non-hydrogen) atoms. The Morgan fingerprint density at radius 2 is 2.33 bits per heavy atom. The summed E-state index contributed by atoms with van der Waals surface area (Å²) in [5.41, 5.74) is 2.69. The normalized spacial score (nSPS) is 10.2. The molecule has 0 unspecified atom stereocenters. The minimum atomic E-state index is 0.945. The third kappa shape index (κ3) is 2.98. The zero-order chi connectivity index (χ0) is 8.81. The van der Waals surface area contributed by atoms with E-state index in [1.807, 2.05) is 6.07 Å². The Balaban J connectivity index is 2.60. The van der Waals surface area contributed by atoms with Crippen LogP contribution in [0.2, 0.25) is 0 Å². The lowest BCUT2D eigenvalue weighted by atomic mass is 10.1. The van der Waals surface area contributed by atoms with Crippen LogP contribution in [0.3, 0.4) is 0 Å². The molecule has 1 radical (unpaired) electrons. The molecule has 0 bridgehead atoms. The molecule has 1 aromatic carbocycles. The summed E-state index contributed by atoms with van der Waals surface area (Å²) in [5.74, 6) is 0. The summed E-state index contributed by atoms with van der Waals surface area (Å²) >= 11 is 3.45. The molecule has 0 aliphatic heterocycles. The first-order chi connectivity index (χ1) is 5.86. The molecule has 0 aromatic heterocycles. The molecule has 0 heterocycles. The highest BCUT2D eigenvalue weighted by molar-refractivity contribution is 9.08. The second kappa shape index (κ2) is 5.36. The van der Waals surface area contributed by atoms with Crippen LogP contribution in [0.4, 0.5) is 0 Å². The van der Waals surface area contributed by atoms with Crippen LogP contribution in [0, 0.1) is 6.07 Å². The number of hydrogen-bond donors (Lipinski definition) is 0. The van der Waals surface area contributed by atoms with Gasteiger partial charge in [0.05, 0.1) is 0 Å². The molecule has 0 nitrogen and oxygen atoms in total. The van der Waals surface area contributed by atoms with Gasteiger partial charge in [-0.25, -0.2) is 0 Å². The summed E-state index contributed by atoms with van der Waals surface area (Å²) in [7, 11) is 0. The lowest BCUT2D eigenvalue weighted by molar-refractivity contribution is 0.794. The molecule has 0 atom stereocenters. The van der Waals surface area contributed by atoms with Gasteiger partial charge in [0.15, 0.2) is 0 Å². The summed E-state index contributed by atoms with van der Waals surface area (Å²) in [5, 5.41) is 0.945. The van der Waals surface area contributed by atoms with E-state index < -0.39 is 0 Å². The Bertz CT molecular complexity index is 230. The number of unbranched alkanes of at least 4 members (excludes halogenated alkanes) is 1. The molecule has 1 aromatic rings. The van der Waals surface area contributed by atoms with Crippen LogP contribution in [0.5, 0.6) is 0 Å². The average Bonchev–Trinajstić information content (AvgIpc) is 2.15. The van der Waals surface area contributed by atoms with Gasteiger partial charge in [-0.2, -0.15) is 0 Å². The number of rotatable bonds is 4. The van der Waals surface area contributed by atoms with Crippen molar-refractivity contribution >= 4 is 15.9 Å². The topological polar surface area (TPSA) is 0 Å². The van der Waals surface area contributed by atoms with Crippen molar-refractivity contribution in [2.24, 2.45) is 0 Å². The molecule has 0 fully saturated rings. The molecule has 0 saturated heterocycles. The monoisotopic (exact) mass is 225 g/mol. The van der Waals surface area contributed by atoms with Crippen molar-refractivity contribution < 1.29 is 0 Å². The average molecular weight is 226 g/mol. The van der Waals surface area contributed by atoms with E-state index in [1.165, 1.54) is 24.0 Å². The number of benzene rings is 1. The molecule has 0 amide bonds. The zero-order valence-corrected chi connectivity index (χ0v) is 9.02. The summed E-state index contributed by atoms with van der Waals surface area (Å²) in [6.45, 7) is 2.22. The second-order valence-electron chi connectivity index (χ2n) is 2.96. The van der Waals surface area contributed by atoms with Crippen molar-refractivity contribution in [1.29, 1.82) is 0 Å². The van der Waals surface area contributed by atoms with E-state index in [0.717, 1.165) is 11.8 Å². The zero-order valence-electron chi connectivity index (χ0n) is 7.44. The maximum Gasteiger partial charge on any atom is 0.0283 e. The van der Waals surface area contributed by atoms with E-state index in [-0.39, 0.29) is 0 Å². The minimum absolute atomic E-state index is 0.945. The Hall–Kier alpha value is -0.300. The van der Waals surface area contributed by atoms with Gasteiger partial charge in [-0.15, -0.1) is 0 Å². The lowest BCUT2D eigenvalue weighted by Crippen LogP contribution is -1.86. The first kappa shape index (κ1) is 9.79. The smallest absolute Gasteiger partial charge is 0.0283 e. The van der Waals surface area contributed by atoms with Gasteiger partial charge in [-0.3, -0.25) is 0 Å². The maximum absolute atomic E-state index is 3.45. The van der Waals surface area contributed by atoms with Crippen LogP contribution in [0.15, 0.2) is 18.2 Å². The van der Waals surface area contributed by atoms with Gasteiger partial charge in [0.2, 0.25) is 0 Å². The van der Waals surface area contributed by atoms with Crippen LogP contribution in [0.1, 0.15) is 30.9 Å². The fraction of sp³-hybridized carbons (Fsp3) is 0.455. The van der Waals surface area contributed by atoms with Gasteiger partial charge < -0.3 is 0 Å². The van der Waals surface area contributed by atoms with Crippen molar-refractivity contribution in [2.45, 2.75) is 31.5 Å². The molecule has 0 aliphatic carbocycles. The van der Waals surface area contributed by atoms with Gasteiger partial charge in [0.25, 0.3) is 0 Å². The molecule has 1 rings (SSSR count). The molecule has 0 N–H and O–H groups in total. The Morgan fingerprint density at radius 1 is 1.50 bits per heavy atom. The Morgan fingerprint density at radius 3 is 3.00 bits per heavy atom. The van der Waals surface area contributed by atoms with E-state index in [1.54, 1.807) is 0 Å². The van der Waals surface area contributed by atoms with Crippen molar-refractivity contribution in [1.82, 2.24) is 0 Å². The summed E-state index contributed by atoms with van der Waals surface area (Å²) in [6.07, 6.45) is 3.69. The largest absolute Gasteiger partial charge is 0.0876 e. The third-order valence-electron chi connectivity index (χ3n) is 1.88. The molecule has 0 saturated carbocycles. The van der Waals surface area contributed by atoms with E-state index in [2.05, 4.69) is 41.1 Å².